The zero-order valence-corrected chi connectivity index (χ0v) is 20.4. The Hall–Kier alpha value is -2.63. The smallest absolute Gasteiger partial charge is 0.251 e. The van der Waals surface area contributed by atoms with Gasteiger partial charge in [0.2, 0.25) is 0 Å². The third-order valence-corrected chi connectivity index (χ3v) is 8.81. The molecule has 1 amide bonds. The highest BCUT2D eigenvalue weighted by molar-refractivity contribution is 7.14. The van der Waals surface area contributed by atoms with E-state index in [1.807, 2.05) is 12.3 Å². The lowest BCUT2D eigenvalue weighted by atomic mass is 9.98. The molecule has 0 bridgehead atoms. The summed E-state index contributed by atoms with van der Waals surface area (Å²) in [4.78, 5) is 21.7. The van der Waals surface area contributed by atoms with Crippen molar-refractivity contribution in [2.45, 2.75) is 50.4 Å². The van der Waals surface area contributed by atoms with Crippen molar-refractivity contribution < 1.29 is 19.0 Å². The lowest BCUT2D eigenvalue weighted by molar-refractivity contribution is -0.138. The van der Waals surface area contributed by atoms with E-state index >= 15 is 4.39 Å². The first-order chi connectivity index (χ1) is 16.9. The Morgan fingerprint density at radius 3 is 2.77 bits per heavy atom. The van der Waals surface area contributed by atoms with Gasteiger partial charge < -0.3 is 25.0 Å². The third kappa shape index (κ3) is 4.09. The van der Waals surface area contributed by atoms with Gasteiger partial charge in [-0.25, -0.2) is 9.37 Å². The highest BCUT2D eigenvalue weighted by Crippen LogP contribution is 2.44. The SMILES string of the molecule is C[C@H](O)C(=O)N1C[C@H]2CC(Nc3c(-c4nnc(C5(F)CCOCC5)s4)cnc4[nH]ccc34)C[C@H]2C1. The summed E-state index contributed by atoms with van der Waals surface area (Å²) in [6.45, 7) is 3.69. The maximum Gasteiger partial charge on any atom is 0.251 e. The molecular weight excluding hydrogens is 471 g/mol. The average molecular weight is 501 g/mol. The van der Waals surface area contributed by atoms with Crippen LogP contribution in [0.15, 0.2) is 18.5 Å². The number of carbonyl (C=O) groups is 1. The van der Waals surface area contributed by atoms with E-state index < -0.39 is 11.8 Å². The first kappa shape index (κ1) is 22.8. The molecule has 3 aromatic rings. The summed E-state index contributed by atoms with van der Waals surface area (Å²) >= 11 is 1.29. The van der Waals surface area contributed by atoms with Crippen LogP contribution in [0.1, 0.15) is 37.6 Å². The van der Waals surface area contributed by atoms with Gasteiger partial charge in [-0.1, -0.05) is 11.3 Å². The molecule has 3 N–H and O–H groups in total. The van der Waals surface area contributed by atoms with E-state index in [2.05, 4.69) is 25.5 Å². The van der Waals surface area contributed by atoms with Gasteiger partial charge in [0.05, 0.1) is 24.5 Å². The number of hydrogen-bond acceptors (Lipinski definition) is 8. The normalized spacial score (nSPS) is 26.7. The van der Waals surface area contributed by atoms with Crippen molar-refractivity contribution in [1.82, 2.24) is 25.1 Å². The van der Waals surface area contributed by atoms with Gasteiger partial charge in [0.1, 0.15) is 11.8 Å². The molecule has 11 heteroatoms. The zero-order chi connectivity index (χ0) is 24.2. The van der Waals surface area contributed by atoms with E-state index in [1.165, 1.54) is 18.3 Å². The number of aromatic amines is 1. The molecule has 3 aliphatic rings. The second kappa shape index (κ2) is 8.79. The number of nitrogens with one attached hydrogen (secondary N) is 2. The van der Waals surface area contributed by atoms with Crippen LogP contribution in [0.4, 0.5) is 10.1 Å². The van der Waals surface area contributed by atoms with Crippen LogP contribution in [0.5, 0.6) is 0 Å². The summed E-state index contributed by atoms with van der Waals surface area (Å²) < 4.78 is 20.8. The maximum atomic E-state index is 15.5. The van der Waals surface area contributed by atoms with Crippen LogP contribution in [0.25, 0.3) is 21.6 Å². The lowest BCUT2D eigenvalue weighted by Crippen LogP contribution is -2.37. The van der Waals surface area contributed by atoms with E-state index in [1.54, 1.807) is 11.1 Å². The van der Waals surface area contributed by atoms with Crippen LogP contribution in [0, 0.1) is 11.8 Å². The van der Waals surface area contributed by atoms with Crippen LogP contribution in [-0.4, -0.2) is 74.5 Å². The number of aliphatic hydroxyl groups excluding tert-OH is 1. The highest BCUT2D eigenvalue weighted by atomic mass is 32.1. The number of rotatable bonds is 5. The fourth-order valence-corrected chi connectivity index (χ4v) is 6.81. The Balaban J connectivity index is 1.25. The molecule has 1 unspecified atom stereocenters. The molecule has 0 aromatic carbocycles. The number of aromatic nitrogens is 4. The topological polar surface area (TPSA) is 116 Å². The molecule has 1 saturated carbocycles. The van der Waals surface area contributed by atoms with Crippen molar-refractivity contribution in [2.24, 2.45) is 11.8 Å². The summed E-state index contributed by atoms with van der Waals surface area (Å²) in [6.07, 6.45) is 5.15. The summed E-state index contributed by atoms with van der Waals surface area (Å²) in [5.74, 6) is 0.641. The molecular formula is C24H29FN6O3S. The molecule has 6 rings (SSSR count). The number of pyridine rings is 1. The van der Waals surface area contributed by atoms with Gasteiger partial charge in [-0.3, -0.25) is 4.79 Å². The number of likely N-dealkylation sites (tertiary alicyclic amines) is 1. The Morgan fingerprint density at radius 1 is 1.31 bits per heavy atom. The fraction of sp³-hybridized carbons (Fsp3) is 0.583. The van der Waals surface area contributed by atoms with Gasteiger partial charge in [0.15, 0.2) is 15.7 Å². The number of carbonyl (C=O) groups excluding carboxylic acids is 1. The minimum Gasteiger partial charge on any atom is -0.384 e. The van der Waals surface area contributed by atoms with E-state index in [0.29, 0.717) is 61.0 Å². The number of fused-ring (bicyclic) bond motifs is 2. The van der Waals surface area contributed by atoms with Crippen molar-refractivity contribution in [1.29, 1.82) is 0 Å². The van der Waals surface area contributed by atoms with Gasteiger partial charge in [-0.15, -0.1) is 10.2 Å². The maximum absolute atomic E-state index is 15.5. The molecule has 35 heavy (non-hydrogen) atoms. The zero-order valence-electron chi connectivity index (χ0n) is 19.5. The molecule has 2 aliphatic heterocycles. The van der Waals surface area contributed by atoms with Crippen molar-refractivity contribution in [3.63, 3.8) is 0 Å². The van der Waals surface area contributed by atoms with E-state index in [0.717, 1.165) is 35.1 Å². The number of ether oxygens (including phenoxy) is 1. The predicted molar refractivity (Wildman–Crippen MR) is 130 cm³/mol. The van der Waals surface area contributed by atoms with E-state index in [-0.39, 0.29) is 11.9 Å². The first-order valence-corrected chi connectivity index (χ1v) is 13.0. The molecule has 4 atom stereocenters. The van der Waals surface area contributed by atoms with E-state index in [9.17, 15) is 9.90 Å². The van der Waals surface area contributed by atoms with Crippen molar-refractivity contribution >= 4 is 34.0 Å². The van der Waals surface area contributed by atoms with Gasteiger partial charge in [-0.05, 0) is 37.7 Å². The molecule has 9 nitrogen and oxygen atoms in total. The van der Waals surface area contributed by atoms with Crippen molar-refractivity contribution in [3.8, 4) is 10.6 Å². The first-order valence-electron chi connectivity index (χ1n) is 12.2. The molecule has 186 valence electrons. The Morgan fingerprint density at radius 2 is 2.06 bits per heavy atom. The van der Waals surface area contributed by atoms with E-state index in [4.69, 9.17) is 4.74 Å². The molecule has 0 spiro atoms. The quantitative estimate of drug-likeness (QED) is 0.493. The molecule has 2 saturated heterocycles. The van der Waals surface area contributed by atoms with Crippen molar-refractivity contribution in [3.05, 3.63) is 23.5 Å². The number of halogens is 1. The van der Waals surface area contributed by atoms with Crippen LogP contribution in [-0.2, 0) is 15.2 Å². The highest BCUT2D eigenvalue weighted by Gasteiger charge is 2.43. The molecule has 0 radical (unpaired) electrons. The summed E-state index contributed by atoms with van der Waals surface area (Å²) in [5.41, 5.74) is 1.03. The van der Waals surface area contributed by atoms with Gasteiger partial charge in [0.25, 0.3) is 5.91 Å². The second-order valence-corrected chi connectivity index (χ2v) is 11.0. The minimum atomic E-state index is -1.49. The average Bonchev–Trinajstić information content (AvgIpc) is 3.62. The molecule has 5 heterocycles. The summed E-state index contributed by atoms with van der Waals surface area (Å²) in [7, 11) is 0. The number of H-pyrrole nitrogens is 1. The van der Waals surface area contributed by atoms with Gasteiger partial charge >= 0.3 is 0 Å². The summed E-state index contributed by atoms with van der Waals surface area (Å²) in [6, 6.07) is 2.23. The Bertz CT molecular complexity index is 1230. The monoisotopic (exact) mass is 500 g/mol. The van der Waals surface area contributed by atoms with Crippen LogP contribution < -0.4 is 5.32 Å². The molecule has 3 aromatic heterocycles. The van der Waals surface area contributed by atoms with Gasteiger partial charge in [-0.2, -0.15) is 0 Å². The number of nitrogens with zero attached hydrogens (tertiary/aromatic N) is 4. The van der Waals surface area contributed by atoms with Crippen LogP contribution >= 0.6 is 11.3 Å². The third-order valence-electron chi connectivity index (χ3n) is 7.68. The Labute approximate surface area is 206 Å². The number of alkyl halides is 1. The fourth-order valence-electron chi connectivity index (χ4n) is 5.81. The van der Waals surface area contributed by atoms with Gasteiger partial charge in [0, 0.05) is 49.8 Å². The predicted octanol–water partition coefficient (Wildman–Crippen LogP) is 3.09. The van der Waals surface area contributed by atoms with Crippen molar-refractivity contribution in [2.75, 3.05) is 31.6 Å². The number of amides is 1. The lowest BCUT2D eigenvalue weighted by Gasteiger charge is -2.26. The number of hydrogen-bond donors (Lipinski definition) is 3. The summed E-state index contributed by atoms with van der Waals surface area (Å²) in [5, 5.41) is 24.0. The standard InChI is InChI=1S/C24H29FN6O3S/c1-13(32)22(33)31-11-14-8-16(9-15(14)12-31)28-19-17-2-5-26-20(17)27-10-18(19)21-29-30-23(35-21)24(25)3-6-34-7-4-24/h2,5,10,13-16,32H,3-4,6-9,11-12H2,1H3,(H2,26,27,28)/t13-,14-,15+,16?/m0/s1. The minimum absolute atomic E-state index is 0.184. The largest absolute Gasteiger partial charge is 0.384 e. The van der Waals surface area contributed by atoms with Crippen LogP contribution in [0.2, 0.25) is 0 Å². The van der Waals surface area contributed by atoms with Crippen LogP contribution in [0.3, 0.4) is 0 Å². The number of anilines is 1. The molecule has 3 fully saturated rings. The Kier molecular flexibility index (Phi) is 5.73. The molecule has 1 aliphatic carbocycles. The second-order valence-electron chi connectivity index (χ2n) is 10.0. The number of aliphatic hydroxyl groups is 1.